The summed E-state index contributed by atoms with van der Waals surface area (Å²) in [5, 5.41) is 11.5. The van der Waals surface area contributed by atoms with Crippen molar-refractivity contribution in [2.75, 3.05) is 14.2 Å². The molecule has 23 heavy (non-hydrogen) atoms. The molecule has 0 bridgehead atoms. The lowest BCUT2D eigenvalue weighted by Gasteiger charge is -2.06. The SMILES string of the molecule is COc1ccc(N=Cc2c(O)[nH]c3ccc(Cl)cc23)c(OC)c1. The Kier molecular flexibility index (Phi) is 4.12. The fourth-order valence-corrected chi connectivity index (χ4v) is 2.50. The van der Waals surface area contributed by atoms with Crippen molar-refractivity contribution < 1.29 is 14.6 Å². The number of rotatable bonds is 4. The number of hydrogen-bond acceptors (Lipinski definition) is 4. The molecule has 0 spiro atoms. The summed E-state index contributed by atoms with van der Waals surface area (Å²) in [6.07, 6.45) is 1.58. The van der Waals surface area contributed by atoms with Crippen molar-refractivity contribution >= 4 is 34.4 Å². The molecule has 3 aromatic rings. The van der Waals surface area contributed by atoms with E-state index < -0.39 is 0 Å². The Labute approximate surface area is 138 Å². The quantitative estimate of drug-likeness (QED) is 0.701. The van der Waals surface area contributed by atoms with E-state index in [9.17, 15) is 5.11 Å². The second-order valence-electron chi connectivity index (χ2n) is 4.87. The van der Waals surface area contributed by atoms with Crippen LogP contribution in [0, 0.1) is 0 Å². The number of benzene rings is 2. The van der Waals surface area contributed by atoms with E-state index in [4.69, 9.17) is 21.1 Å². The monoisotopic (exact) mass is 330 g/mol. The fraction of sp³-hybridized carbons (Fsp3) is 0.118. The largest absolute Gasteiger partial charge is 0.497 e. The number of nitrogens with one attached hydrogen (secondary N) is 1. The lowest BCUT2D eigenvalue weighted by atomic mass is 10.2. The molecule has 5 nitrogen and oxygen atoms in total. The van der Waals surface area contributed by atoms with Gasteiger partial charge in [0.15, 0.2) is 5.88 Å². The van der Waals surface area contributed by atoms with E-state index in [1.807, 2.05) is 6.07 Å². The highest BCUT2D eigenvalue weighted by Crippen LogP contribution is 2.33. The van der Waals surface area contributed by atoms with Gasteiger partial charge in [0.25, 0.3) is 0 Å². The highest BCUT2D eigenvalue weighted by Gasteiger charge is 2.10. The number of aromatic amines is 1. The molecule has 0 amide bonds. The zero-order chi connectivity index (χ0) is 16.4. The van der Waals surface area contributed by atoms with Crippen molar-refractivity contribution in [3.05, 3.63) is 47.0 Å². The minimum atomic E-state index is 0.0403. The van der Waals surface area contributed by atoms with Crippen molar-refractivity contribution in [3.8, 4) is 17.4 Å². The maximum absolute atomic E-state index is 10.1. The number of ether oxygens (including phenoxy) is 2. The maximum atomic E-state index is 10.1. The van der Waals surface area contributed by atoms with Crippen LogP contribution in [0.1, 0.15) is 5.56 Å². The van der Waals surface area contributed by atoms with E-state index >= 15 is 0 Å². The molecular weight excluding hydrogens is 316 g/mol. The van der Waals surface area contributed by atoms with E-state index in [0.717, 1.165) is 10.9 Å². The number of H-pyrrole nitrogens is 1. The van der Waals surface area contributed by atoms with E-state index in [1.165, 1.54) is 0 Å². The Balaban J connectivity index is 2.03. The molecule has 0 fully saturated rings. The first kappa shape index (κ1) is 15.2. The molecule has 0 radical (unpaired) electrons. The number of fused-ring (bicyclic) bond motifs is 1. The predicted octanol–water partition coefficient (Wildman–Crippen LogP) is 4.29. The molecule has 0 saturated carbocycles. The Morgan fingerprint density at radius 3 is 2.70 bits per heavy atom. The summed E-state index contributed by atoms with van der Waals surface area (Å²) in [7, 11) is 3.15. The number of aliphatic imine (C=N–C) groups is 1. The van der Waals surface area contributed by atoms with Crippen LogP contribution in [-0.4, -0.2) is 30.5 Å². The highest BCUT2D eigenvalue weighted by molar-refractivity contribution is 6.31. The minimum Gasteiger partial charge on any atom is -0.497 e. The average molecular weight is 331 g/mol. The van der Waals surface area contributed by atoms with Gasteiger partial charge in [-0.05, 0) is 30.3 Å². The predicted molar refractivity (Wildman–Crippen MR) is 91.8 cm³/mol. The molecule has 6 heteroatoms. The van der Waals surface area contributed by atoms with Crippen molar-refractivity contribution in [1.29, 1.82) is 0 Å². The summed E-state index contributed by atoms with van der Waals surface area (Å²) in [6.45, 7) is 0. The summed E-state index contributed by atoms with van der Waals surface area (Å²) < 4.78 is 10.5. The van der Waals surface area contributed by atoms with Crippen LogP contribution < -0.4 is 9.47 Å². The van der Waals surface area contributed by atoms with Gasteiger partial charge in [0.2, 0.25) is 0 Å². The first-order valence-electron chi connectivity index (χ1n) is 6.88. The van der Waals surface area contributed by atoms with Gasteiger partial charge >= 0.3 is 0 Å². The van der Waals surface area contributed by atoms with E-state index in [0.29, 0.717) is 27.8 Å². The highest BCUT2D eigenvalue weighted by atomic mass is 35.5. The topological polar surface area (TPSA) is 66.8 Å². The standard InChI is InChI=1S/C17H15ClN2O3/c1-22-11-4-6-15(16(8-11)23-2)19-9-13-12-7-10(18)3-5-14(12)20-17(13)21/h3-9,20-21H,1-2H3. The van der Waals surface area contributed by atoms with Crippen LogP contribution in [0.4, 0.5) is 5.69 Å². The number of halogens is 1. The van der Waals surface area contributed by atoms with Gasteiger partial charge in [-0.2, -0.15) is 0 Å². The Hall–Kier alpha value is -2.66. The zero-order valence-electron chi connectivity index (χ0n) is 12.6. The van der Waals surface area contributed by atoms with Crippen molar-refractivity contribution in [2.24, 2.45) is 4.99 Å². The molecule has 2 N–H and O–H groups in total. The molecule has 0 aliphatic heterocycles. The number of aromatic nitrogens is 1. The lowest BCUT2D eigenvalue weighted by molar-refractivity contribution is 0.395. The summed E-state index contributed by atoms with van der Waals surface area (Å²) in [5.41, 5.74) is 1.99. The van der Waals surface area contributed by atoms with Gasteiger partial charge in [-0.25, -0.2) is 0 Å². The molecule has 0 atom stereocenters. The van der Waals surface area contributed by atoms with Crippen LogP contribution in [0.5, 0.6) is 17.4 Å². The van der Waals surface area contributed by atoms with Crippen LogP contribution in [0.3, 0.4) is 0 Å². The van der Waals surface area contributed by atoms with E-state index in [1.54, 1.807) is 50.8 Å². The molecule has 0 aliphatic rings. The molecule has 1 heterocycles. The van der Waals surface area contributed by atoms with Crippen molar-refractivity contribution in [1.82, 2.24) is 4.98 Å². The van der Waals surface area contributed by atoms with Crippen LogP contribution in [0.25, 0.3) is 10.9 Å². The van der Waals surface area contributed by atoms with Gasteiger partial charge in [-0.15, -0.1) is 0 Å². The first-order valence-corrected chi connectivity index (χ1v) is 7.26. The van der Waals surface area contributed by atoms with Gasteiger partial charge in [0, 0.05) is 28.2 Å². The smallest absolute Gasteiger partial charge is 0.198 e. The van der Waals surface area contributed by atoms with Crippen LogP contribution in [0.2, 0.25) is 5.02 Å². The van der Waals surface area contributed by atoms with E-state index in [2.05, 4.69) is 9.98 Å². The molecule has 1 aromatic heterocycles. The summed E-state index contributed by atoms with van der Waals surface area (Å²) in [5.74, 6) is 1.30. The summed E-state index contributed by atoms with van der Waals surface area (Å²) in [4.78, 5) is 7.30. The van der Waals surface area contributed by atoms with Gasteiger partial charge in [-0.3, -0.25) is 4.99 Å². The van der Waals surface area contributed by atoms with Crippen LogP contribution in [0.15, 0.2) is 41.4 Å². The number of hydrogen-bond donors (Lipinski definition) is 2. The van der Waals surface area contributed by atoms with Gasteiger partial charge < -0.3 is 19.6 Å². The summed E-state index contributed by atoms with van der Waals surface area (Å²) >= 11 is 6.02. The van der Waals surface area contributed by atoms with Crippen molar-refractivity contribution in [2.45, 2.75) is 0 Å². The number of aromatic hydroxyl groups is 1. The molecule has 0 saturated heterocycles. The second-order valence-corrected chi connectivity index (χ2v) is 5.31. The van der Waals surface area contributed by atoms with Crippen LogP contribution in [-0.2, 0) is 0 Å². The third kappa shape index (κ3) is 2.96. The van der Waals surface area contributed by atoms with Crippen molar-refractivity contribution in [3.63, 3.8) is 0 Å². The molecule has 0 unspecified atom stereocenters. The molecule has 2 aromatic carbocycles. The Morgan fingerprint density at radius 2 is 1.96 bits per heavy atom. The normalized spacial score (nSPS) is 11.3. The third-order valence-electron chi connectivity index (χ3n) is 3.50. The second kappa shape index (κ2) is 6.22. The number of nitrogens with zero attached hydrogens (tertiary/aromatic N) is 1. The minimum absolute atomic E-state index is 0.0403. The molecule has 118 valence electrons. The molecule has 0 aliphatic carbocycles. The summed E-state index contributed by atoms with van der Waals surface area (Å²) in [6, 6.07) is 10.7. The number of methoxy groups -OCH3 is 2. The van der Waals surface area contributed by atoms with E-state index in [-0.39, 0.29) is 5.88 Å². The Bertz CT molecular complexity index is 887. The fourth-order valence-electron chi connectivity index (χ4n) is 2.33. The first-order chi connectivity index (χ1) is 11.1. The molecule has 3 rings (SSSR count). The van der Waals surface area contributed by atoms with Crippen LogP contribution >= 0.6 is 11.6 Å². The molecular formula is C17H15ClN2O3. The average Bonchev–Trinajstić information content (AvgIpc) is 2.87. The lowest BCUT2D eigenvalue weighted by Crippen LogP contribution is -1.87. The van der Waals surface area contributed by atoms with Gasteiger partial charge in [0.05, 0.1) is 19.8 Å². The van der Waals surface area contributed by atoms with Gasteiger partial charge in [0.1, 0.15) is 17.2 Å². The zero-order valence-corrected chi connectivity index (χ0v) is 13.4. The third-order valence-corrected chi connectivity index (χ3v) is 3.73. The van der Waals surface area contributed by atoms with Gasteiger partial charge in [-0.1, -0.05) is 11.6 Å². The Morgan fingerprint density at radius 1 is 1.13 bits per heavy atom. The maximum Gasteiger partial charge on any atom is 0.198 e.